The van der Waals surface area contributed by atoms with E-state index in [1.165, 1.54) is 56.5 Å². The smallest absolute Gasteiger partial charge is 0.0475 e. The van der Waals surface area contributed by atoms with Crippen LogP contribution in [0.1, 0.15) is 51.4 Å². The van der Waals surface area contributed by atoms with E-state index in [4.69, 9.17) is 0 Å². The number of rotatable bonds is 0. The molecule has 1 fully saturated rings. The second kappa shape index (κ2) is 9.01. The molecule has 1 saturated carbocycles. The maximum atomic E-state index is 2.12. The van der Waals surface area contributed by atoms with Crippen LogP contribution < -0.4 is 0 Å². The van der Waals surface area contributed by atoms with Gasteiger partial charge in [0.05, 0.1) is 0 Å². The highest BCUT2D eigenvalue weighted by atomic mass is 32.2. The SMILES string of the molecule is C1=CSCS1.C1CCCCCCC1. The Morgan fingerprint density at radius 1 is 0.538 bits per heavy atom. The Morgan fingerprint density at radius 2 is 0.846 bits per heavy atom. The van der Waals surface area contributed by atoms with E-state index in [1.807, 2.05) is 23.5 Å². The molecule has 1 aliphatic carbocycles. The van der Waals surface area contributed by atoms with Gasteiger partial charge in [-0.05, 0) is 10.8 Å². The molecule has 1 aliphatic heterocycles. The molecule has 0 radical (unpaired) electrons. The van der Waals surface area contributed by atoms with Gasteiger partial charge in [0, 0.05) is 5.08 Å². The van der Waals surface area contributed by atoms with Gasteiger partial charge < -0.3 is 0 Å². The van der Waals surface area contributed by atoms with E-state index < -0.39 is 0 Å². The molecule has 0 spiro atoms. The van der Waals surface area contributed by atoms with Crippen LogP contribution in [0.4, 0.5) is 0 Å². The zero-order valence-electron chi connectivity index (χ0n) is 8.34. The molecule has 2 heteroatoms. The van der Waals surface area contributed by atoms with Gasteiger partial charge in [0.2, 0.25) is 0 Å². The van der Waals surface area contributed by atoms with E-state index in [-0.39, 0.29) is 0 Å². The van der Waals surface area contributed by atoms with E-state index >= 15 is 0 Å². The van der Waals surface area contributed by atoms with E-state index in [1.54, 1.807) is 0 Å². The molecule has 0 bridgehead atoms. The monoisotopic (exact) mass is 216 g/mol. The third-order valence-corrected chi connectivity index (χ3v) is 4.30. The minimum Gasteiger partial charge on any atom is -0.122 e. The largest absolute Gasteiger partial charge is 0.122 e. The molecule has 0 unspecified atom stereocenters. The second-order valence-electron chi connectivity index (χ2n) is 3.55. The lowest BCUT2D eigenvalue weighted by Gasteiger charge is -2.05. The van der Waals surface area contributed by atoms with Crippen molar-refractivity contribution >= 4 is 23.5 Å². The summed E-state index contributed by atoms with van der Waals surface area (Å²) in [5, 5.41) is 5.45. The average Bonchev–Trinajstić information content (AvgIpc) is 2.58. The first-order valence-corrected chi connectivity index (χ1v) is 7.48. The van der Waals surface area contributed by atoms with Gasteiger partial charge in [0.1, 0.15) is 0 Å². The van der Waals surface area contributed by atoms with E-state index in [0.717, 1.165) is 0 Å². The van der Waals surface area contributed by atoms with Crippen LogP contribution in [0, 0.1) is 0 Å². The summed E-state index contributed by atoms with van der Waals surface area (Å²) in [7, 11) is 0. The van der Waals surface area contributed by atoms with Gasteiger partial charge in [-0.3, -0.25) is 0 Å². The van der Waals surface area contributed by atoms with Gasteiger partial charge in [-0.2, -0.15) is 0 Å². The van der Waals surface area contributed by atoms with Crippen molar-refractivity contribution in [1.82, 2.24) is 0 Å². The van der Waals surface area contributed by atoms with Crippen molar-refractivity contribution in [2.24, 2.45) is 0 Å². The van der Waals surface area contributed by atoms with Crippen molar-refractivity contribution < 1.29 is 0 Å². The van der Waals surface area contributed by atoms with Crippen LogP contribution in [0.15, 0.2) is 10.8 Å². The maximum Gasteiger partial charge on any atom is 0.0475 e. The summed E-state index contributed by atoms with van der Waals surface area (Å²) in [4.78, 5) is 0. The molecule has 0 amide bonds. The summed E-state index contributed by atoms with van der Waals surface area (Å²) in [6.45, 7) is 0. The van der Waals surface area contributed by atoms with Crippen molar-refractivity contribution in [3.05, 3.63) is 10.8 Å². The second-order valence-corrected chi connectivity index (χ2v) is 5.71. The first-order valence-electron chi connectivity index (χ1n) is 5.38. The Kier molecular flexibility index (Phi) is 7.98. The summed E-state index contributed by atoms with van der Waals surface area (Å²) in [5.74, 6) is 0. The van der Waals surface area contributed by atoms with Crippen molar-refractivity contribution in [3.8, 4) is 0 Å². The molecule has 0 aromatic carbocycles. The molecule has 0 N–H and O–H groups in total. The molecule has 1 heterocycles. The van der Waals surface area contributed by atoms with Crippen LogP contribution in [-0.4, -0.2) is 5.08 Å². The first kappa shape index (κ1) is 11.5. The van der Waals surface area contributed by atoms with Crippen molar-refractivity contribution in [3.63, 3.8) is 0 Å². The summed E-state index contributed by atoms with van der Waals surface area (Å²) < 4.78 is 0. The van der Waals surface area contributed by atoms with Crippen LogP contribution in [-0.2, 0) is 0 Å². The summed E-state index contributed by atoms with van der Waals surface area (Å²) in [5.41, 5.74) is 0. The van der Waals surface area contributed by atoms with Crippen LogP contribution >= 0.6 is 23.5 Å². The lowest BCUT2D eigenvalue weighted by atomic mass is 10.0. The lowest BCUT2D eigenvalue weighted by Crippen LogP contribution is -1.85. The highest BCUT2D eigenvalue weighted by Gasteiger charge is 1.95. The standard InChI is InChI=1S/C8H16.C3H4S2/c1-2-4-6-8-7-5-3-1;1-2-5-3-4-1/h1-8H2;1-2H,3H2. The molecular formula is C11H20S2. The topological polar surface area (TPSA) is 0 Å². The predicted molar refractivity (Wildman–Crippen MR) is 66.1 cm³/mol. The molecular weight excluding hydrogens is 196 g/mol. The number of hydrogen-bond acceptors (Lipinski definition) is 2. The van der Waals surface area contributed by atoms with Gasteiger partial charge >= 0.3 is 0 Å². The highest BCUT2D eigenvalue weighted by Crippen LogP contribution is 2.22. The predicted octanol–water partition coefficient (Wildman–Crippen LogP) is 5.02. The normalized spacial score (nSPS) is 22.8. The fraction of sp³-hybridized carbons (Fsp3) is 0.818. The van der Waals surface area contributed by atoms with Gasteiger partial charge in [0.15, 0.2) is 0 Å². The minimum absolute atomic E-state index is 1.22. The van der Waals surface area contributed by atoms with E-state index in [9.17, 15) is 0 Å². The number of hydrogen-bond donors (Lipinski definition) is 0. The molecule has 2 aliphatic rings. The number of thioether (sulfide) groups is 2. The highest BCUT2D eigenvalue weighted by molar-refractivity contribution is 8.21. The Bertz CT molecular complexity index is 102. The van der Waals surface area contributed by atoms with Gasteiger partial charge in [-0.15, -0.1) is 23.5 Å². The van der Waals surface area contributed by atoms with Crippen molar-refractivity contribution in [2.45, 2.75) is 51.4 Å². The Hall–Kier alpha value is 0.440. The summed E-state index contributed by atoms with van der Waals surface area (Å²) >= 11 is 3.71. The van der Waals surface area contributed by atoms with Gasteiger partial charge in [0.25, 0.3) is 0 Å². The van der Waals surface area contributed by atoms with E-state index in [2.05, 4.69) is 10.8 Å². The molecule has 0 aromatic rings. The summed E-state index contributed by atoms with van der Waals surface area (Å²) in [6, 6.07) is 0. The first-order chi connectivity index (χ1) is 6.50. The molecule has 0 aromatic heterocycles. The molecule has 76 valence electrons. The molecule has 0 saturated heterocycles. The fourth-order valence-corrected chi connectivity index (χ4v) is 3.18. The average molecular weight is 216 g/mol. The minimum atomic E-state index is 1.22. The van der Waals surface area contributed by atoms with E-state index in [0.29, 0.717) is 0 Å². The van der Waals surface area contributed by atoms with Gasteiger partial charge in [-0.25, -0.2) is 0 Å². The van der Waals surface area contributed by atoms with Crippen molar-refractivity contribution in [1.29, 1.82) is 0 Å². The summed E-state index contributed by atoms with van der Waals surface area (Å²) in [6.07, 6.45) is 12.0. The quantitative estimate of drug-likeness (QED) is 0.558. The Morgan fingerprint density at radius 3 is 1.00 bits per heavy atom. The van der Waals surface area contributed by atoms with Gasteiger partial charge in [-0.1, -0.05) is 51.4 Å². The van der Waals surface area contributed by atoms with Crippen LogP contribution in [0.2, 0.25) is 0 Å². The molecule has 0 nitrogen and oxygen atoms in total. The Balaban J connectivity index is 0.000000145. The fourth-order valence-electron chi connectivity index (χ4n) is 1.61. The third-order valence-electron chi connectivity index (χ3n) is 2.38. The molecule has 0 atom stereocenters. The zero-order chi connectivity index (χ0) is 9.19. The third kappa shape index (κ3) is 7.51. The zero-order valence-corrected chi connectivity index (χ0v) is 9.97. The lowest BCUT2D eigenvalue weighted by molar-refractivity contribution is 0.504. The molecule has 2 rings (SSSR count). The van der Waals surface area contributed by atoms with Crippen LogP contribution in [0.3, 0.4) is 0 Å². The van der Waals surface area contributed by atoms with Crippen LogP contribution in [0.25, 0.3) is 0 Å². The maximum absolute atomic E-state index is 2.12. The molecule has 13 heavy (non-hydrogen) atoms. The van der Waals surface area contributed by atoms with Crippen LogP contribution in [0.5, 0.6) is 0 Å². The van der Waals surface area contributed by atoms with Crippen molar-refractivity contribution in [2.75, 3.05) is 5.08 Å². The Labute approximate surface area is 90.9 Å².